The normalized spacial score (nSPS) is 15.5. The van der Waals surface area contributed by atoms with E-state index in [1.54, 1.807) is 30.8 Å². The van der Waals surface area contributed by atoms with E-state index in [2.05, 4.69) is 31.9 Å². The summed E-state index contributed by atoms with van der Waals surface area (Å²) in [6.45, 7) is 15.6. The highest BCUT2D eigenvalue weighted by molar-refractivity contribution is 6.17. The van der Waals surface area contributed by atoms with Gasteiger partial charge in [-0.15, -0.1) is 24.4 Å². The third-order valence-electron chi connectivity index (χ3n) is 7.11. The summed E-state index contributed by atoms with van der Waals surface area (Å²) >= 11 is 5.52. The summed E-state index contributed by atoms with van der Waals surface area (Å²) < 4.78 is 3.66. The Morgan fingerprint density at radius 3 is 1.67 bits per heavy atom. The minimum absolute atomic E-state index is 0. The van der Waals surface area contributed by atoms with Gasteiger partial charge in [0.15, 0.2) is 11.5 Å². The van der Waals surface area contributed by atoms with Crippen molar-refractivity contribution in [2.24, 2.45) is 0 Å². The van der Waals surface area contributed by atoms with Crippen molar-refractivity contribution in [1.82, 2.24) is 29.2 Å². The van der Waals surface area contributed by atoms with E-state index >= 15 is 0 Å². The quantitative estimate of drug-likeness (QED) is 0.324. The van der Waals surface area contributed by atoms with Gasteiger partial charge in [-0.2, -0.15) is 0 Å². The fourth-order valence-electron chi connectivity index (χ4n) is 4.45. The molecular formula is C31H49ClN6O4. The van der Waals surface area contributed by atoms with E-state index in [1.807, 2.05) is 4.57 Å². The Balaban J connectivity index is 0.000000657. The van der Waals surface area contributed by atoms with Gasteiger partial charge in [-0.05, 0) is 13.8 Å². The zero-order valence-electron chi connectivity index (χ0n) is 24.2. The molecular weight excluding hydrogens is 556 g/mol. The van der Waals surface area contributed by atoms with E-state index < -0.39 is 0 Å². The molecule has 0 aliphatic carbocycles. The number of terminal acetylenes is 2. The fourth-order valence-corrected chi connectivity index (χ4v) is 4.63. The van der Waals surface area contributed by atoms with Crippen LogP contribution in [0.5, 0.6) is 11.5 Å². The fraction of sp³-hybridized carbons (Fsp3) is 0.548. The molecule has 0 atom stereocenters. The molecule has 0 saturated carbocycles. The zero-order chi connectivity index (χ0) is 30.2. The van der Waals surface area contributed by atoms with Gasteiger partial charge in [0.2, 0.25) is 10.9 Å². The molecule has 3 N–H and O–H groups in total. The van der Waals surface area contributed by atoms with Crippen LogP contribution in [0.3, 0.4) is 0 Å². The van der Waals surface area contributed by atoms with Crippen LogP contribution in [-0.4, -0.2) is 112 Å². The minimum Gasteiger partial charge on any atom is -0.503 e. The highest BCUT2D eigenvalue weighted by atomic mass is 35.5. The number of alkyl halides is 1. The predicted octanol–water partition coefficient (Wildman–Crippen LogP) is 1.62. The first kappa shape index (κ1) is 36.8. The molecule has 2 aliphatic heterocycles. The Morgan fingerprint density at radius 2 is 1.21 bits per heavy atom. The first-order chi connectivity index (χ1) is 19.7. The maximum atomic E-state index is 11.3. The zero-order valence-corrected chi connectivity index (χ0v) is 24.9. The smallest absolute Gasteiger partial charge is 0.223 e. The summed E-state index contributed by atoms with van der Waals surface area (Å²) in [6.07, 6.45) is 13.8. The average Bonchev–Trinajstić information content (AvgIpc) is 2.98. The van der Waals surface area contributed by atoms with Crippen LogP contribution in [0.4, 0.5) is 0 Å². The number of aromatic nitrogens is 2. The number of halogens is 1. The van der Waals surface area contributed by atoms with Gasteiger partial charge in [-0.3, -0.25) is 24.3 Å². The number of nitrogens with zero attached hydrogens (tertiary/aromatic N) is 5. The summed E-state index contributed by atoms with van der Waals surface area (Å²) in [5.74, 6) is 5.43. The van der Waals surface area contributed by atoms with Gasteiger partial charge in [0.05, 0.1) is 24.5 Å². The van der Waals surface area contributed by atoms with Crippen LogP contribution in [0.2, 0.25) is 0 Å². The molecule has 0 bridgehead atoms. The standard InChI is InChI=1S/C15H21N3O2.C8H10ClNO2.C7H12N2.CH4.H2/c1-3-5-16-7-9-17(10-8-16)11-12-18-6-4-14(19)15(20)13(18)2;1-6-8(12)7(11)2-4-10(6)5-3-9;1-2-5-9-6-3-8-4-7-9;;/h1,4,6,20H,5,7-12H2,2H3;2,4,12H,3,5H2,1H3;1,8H,3-7H2;1H4;1H. The molecule has 0 spiro atoms. The first-order valence-corrected chi connectivity index (χ1v) is 14.3. The molecule has 0 amide bonds. The highest BCUT2D eigenvalue weighted by Crippen LogP contribution is 2.10. The van der Waals surface area contributed by atoms with E-state index in [4.69, 9.17) is 24.4 Å². The van der Waals surface area contributed by atoms with E-state index in [9.17, 15) is 19.8 Å². The molecule has 11 heteroatoms. The van der Waals surface area contributed by atoms with Crippen molar-refractivity contribution < 1.29 is 11.6 Å². The number of piperazine rings is 2. The van der Waals surface area contributed by atoms with Crippen molar-refractivity contribution in [3.8, 4) is 36.2 Å². The molecule has 0 radical (unpaired) electrons. The van der Waals surface area contributed by atoms with Gasteiger partial charge in [-0.1, -0.05) is 19.3 Å². The molecule has 2 aliphatic rings. The highest BCUT2D eigenvalue weighted by Gasteiger charge is 2.16. The summed E-state index contributed by atoms with van der Waals surface area (Å²) in [7, 11) is 0. The average molecular weight is 605 g/mol. The largest absolute Gasteiger partial charge is 0.503 e. The van der Waals surface area contributed by atoms with Crippen molar-refractivity contribution in [1.29, 1.82) is 0 Å². The molecule has 10 nitrogen and oxygen atoms in total. The summed E-state index contributed by atoms with van der Waals surface area (Å²) in [6, 6.07) is 2.74. The molecule has 2 aromatic rings. The lowest BCUT2D eigenvalue weighted by molar-refractivity contribution is 0.140. The van der Waals surface area contributed by atoms with E-state index in [0.29, 0.717) is 23.8 Å². The van der Waals surface area contributed by atoms with Gasteiger partial charge in [0.1, 0.15) is 0 Å². The van der Waals surface area contributed by atoms with Crippen molar-refractivity contribution in [3.63, 3.8) is 0 Å². The first-order valence-electron chi connectivity index (χ1n) is 13.8. The molecule has 2 fully saturated rings. The van der Waals surface area contributed by atoms with Crippen molar-refractivity contribution in [2.75, 3.05) is 77.9 Å². The van der Waals surface area contributed by atoms with Crippen LogP contribution in [0, 0.1) is 38.5 Å². The maximum Gasteiger partial charge on any atom is 0.223 e. The van der Waals surface area contributed by atoms with E-state index in [0.717, 1.165) is 78.5 Å². The summed E-state index contributed by atoms with van der Waals surface area (Å²) in [4.78, 5) is 29.1. The van der Waals surface area contributed by atoms with E-state index in [1.165, 1.54) is 12.1 Å². The molecule has 2 aromatic heterocycles. The van der Waals surface area contributed by atoms with Gasteiger partial charge in [-0.25, -0.2) is 0 Å². The van der Waals surface area contributed by atoms with Gasteiger partial charge in [0.25, 0.3) is 0 Å². The Labute approximate surface area is 257 Å². The third kappa shape index (κ3) is 11.9. The van der Waals surface area contributed by atoms with Crippen LogP contribution >= 0.6 is 11.6 Å². The van der Waals surface area contributed by atoms with Crippen molar-refractivity contribution in [2.45, 2.75) is 34.4 Å². The number of hydrogen-bond donors (Lipinski definition) is 3. The maximum absolute atomic E-state index is 11.3. The second kappa shape index (κ2) is 19.8. The molecule has 4 heterocycles. The van der Waals surface area contributed by atoms with Crippen LogP contribution in [0.25, 0.3) is 0 Å². The van der Waals surface area contributed by atoms with Crippen molar-refractivity contribution >= 4 is 11.6 Å². The number of aromatic hydroxyl groups is 2. The Hall–Kier alpha value is -3.25. The Morgan fingerprint density at radius 1 is 0.786 bits per heavy atom. The lowest BCUT2D eigenvalue weighted by Gasteiger charge is -2.33. The van der Waals surface area contributed by atoms with Gasteiger partial charge >= 0.3 is 0 Å². The lowest BCUT2D eigenvalue weighted by Crippen LogP contribution is -2.47. The summed E-state index contributed by atoms with van der Waals surface area (Å²) in [5.41, 5.74) is 0.520. The van der Waals surface area contributed by atoms with Crippen LogP contribution in [0.15, 0.2) is 34.1 Å². The van der Waals surface area contributed by atoms with Crippen LogP contribution < -0.4 is 16.2 Å². The Bertz CT molecular complexity index is 1290. The lowest BCUT2D eigenvalue weighted by atomic mass is 10.3. The molecule has 2 saturated heterocycles. The van der Waals surface area contributed by atoms with Gasteiger partial charge in [0, 0.05) is 104 Å². The number of aryl methyl sites for hydroxylation is 1. The number of rotatable bonds is 7. The number of pyridine rings is 2. The van der Waals surface area contributed by atoms with Gasteiger partial charge < -0.3 is 24.7 Å². The molecule has 234 valence electrons. The topological polar surface area (TPSA) is 106 Å². The minimum atomic E-state index is -0.349. The third-order valence-corrected chi connectivity index (χ3v) is 7.28. The molecule has 0 aromatic carbocycles. The number of hydrogen-bond acceptors (Lipinski definition) is 8. The molecule has 0 unspecified atom stereocenters. The van der Waals surface area contributed by atoms with E-state index in [-0.39, 0.29) is 31.2 Å². The van der Waals surface area contributed by atoms with Crippen molar-refractivity contribution in [3.05, 3.63) is 56.4 Å². The molecule has 42 heavy (non-hydrogen) atoms. The van der Waals surface area contributed by atoms with Crippen LogP contribution in [-0.2, 0) is 13.1 Å². The second-order valence-corrected chi connectivity index (χ2v) is 10.2. The second-order valence-electron chi connectivity index (χ2n) is 9.86. The molecule has 4 rings (SSSR count). The Kier molecular flexibility index (Phi) is 17.3. The predicted molar refractivity (Wildman–Crippen MR) is 174 cm³/mol. The monoisotopic (exact) mass is 604 g/mol. The summed E-state index contributed by atoms with van der Waals surface area (Å²) in [5, 5.41) is 22.1. The number of nitrogens with one attached hydrogen (secondary N) is 1. The van der Waals surface area contributed by atoms with Crippen LogP contribution in [0.1, 0.15) is 20.2 Å². The SMILES string of the molecule is C.C#CCN1CCN(CCn2ccc(=O)c(O)c2C)CC1.C#CCN1CCNCC1.Cc1c(O)c(=O)ccn1CCCl.[HH].